The molecule has 5 aromatic carbocycles. The smallest absolute Gasteiger partial charge is 0.335 e. The van der Waals surface area contributed by atoms with Crippen LogP contribution in [0, 0.1) is 0 Å². The molecule has 11 heteroatoms. The minimum Gasteiger partial charge on any atom is -0.493 e. The number of aromatic carboxylic acids is 1. The third-order valence-electron chi connectivity index (χ3n) is 9.99. The van der Waals surface area contributed by atoms with Gasteiger partial charge in [0.2, 0.25) is 0 Å². The number of hydrogen-bond acceptors (Lipinski definition) is 10. The Morgan fingerprint density at radius 3 is 2.23 bits per heavy atom. The van der Waals surface area contributed by atoms with Gasteiger partial charge in [-0.1, -0.05) is 78.9 Å². The van der Waals surface area contributed by atoms with Crippen molar-refractivity contribution < 1.29 is 33.6 Å². The highest BCUT2D eigenvalue weighted by Crippen LogP contribution is 2.33. The highest BCUT2D eigenvalue weighted by atomic mass is 16.5. The van der Waals surface area contributed by atoms with Gasteiger partial charge in [0.25, 0.3) is 0 Å². The van der Waals surface area contributed by atoms with E-state index in [-0.39, 0.29) is 5.56 Å². The molecule has 7 aromatic rings. The number of rotatable bonds is 25. The van der Waals surface area contributed by atoms with Gasteiger partial charge in [-0.3, -0.25) is 4.98 Å². The summed E-state index contributed by atoms with van der Waals surface area (Å²) in [5, 5.41) is 19.0. The molecule has 2 aromatic heterocycles. The highest BCUT2D eigenvalue weighted by molar-refractivity contribution is 6.11. The fourth-order valence-electron chi connectivity index (χ4n) is 6.84. The lowest BCUT2D eigenvalue weighted by molar-refractivity contribution is 0.0480. The maximum absolute atomic E-state index is 11.6. The molecule has 0 spiro atoms. The van der Waals surface area contributed by atoms with Crippen molar-refractivity contribution in [1.82, 2.24) is 15.3 Å². The number of nitrogens with one attached hydrogen (secondary N) is 2. The van der Waals surface area contributed by atoms with E-state index in [4.69, 9.17) is 28.7 Å². The summed E-state index contributed by atoms with van der Waals surface area (Å²) in [6.07, 6.45) is 6.91. The van der Waals surface area contributed by atoms with E-state index in [2.05, 4.69) is 39.9 Å². The largest absolute Gasteiger partial charge is 0.493 e. The van der Waals surface area contributed by atoms with Crippen LogP contribution in [0.3, 0.4) is 0 Å². The van der Waals surface area contributed by atoms with Crippen molar-refractivity contribution in [2.24, 2.45) is 0 Å². The number of carboxylic acid groups (broad SMARTS) is 1. The molecule has 0 unspecified atom stereocenters. The maximum Gasteiger partial charge on any atom is 0.335 e. The average Bonchev–Trinajstić information content (AvgIpc) is 3.29. The van der Waals surface area contributed by atoms with Crippen LogP contribution in [-0.2, 0) is 28.9 Å². The second kappa shape index (κ2) is 22.7. The molecule has 3 N–H and O–H groups in total. The second-order valence-electron chi connectivity index (χ2n) is 14.5. The first-order valence-electron chi connectivity index (χ1n) is 20.8. The summed E-state index contributed by atoms with van der Waals surface area (Å²) >= 11 is 0. The van der Waals surface area contributed by atoms with Gasteiger partial charge in [-0.15, -0.1) is 0 Å². The van der Waals surface area contributed by atoms with Crippen LogP contribution in [0.4, 0.5) is 11.5 Å². The zero-order chi connectivity index (χ0) is 41.9. The van der Waals surface area contributed by atoms with E-state index in [0.29, 0.717) is 69.1 Å². The normalized spacial score (nSPS) is 11.1. The van der Waals surface area contributed by atoms with Crippen LogP contribution in [0.1, 0.15) is 39.9 Å². The SMILES string of the molecule is O=C(O)c1ccc2c(c1)nc(Nc1cccc(CCCOCCOCCNCCCOc3ccc(OCc4ccccc4)c(OCCc4ccccc4)c3)c1)c1ccncc12. The molecule has 0 aliphatic rings. The number of aryl methyl sites for hydroxylation is 1. The Kier molecular flexibility index (Phi) is 15.9. The minimum absolute atomic E-state index is 0.191. The van der Waals surface area contributed by atoms with Crippen molar-refractivity contribution >= 4 is 39.1 Å². The zero-order valence-corrected chi connectivity index (χ0v) is 34.3. The summed E-state index contributed by atoms with van der Waals surface area (Å²) in [5.74, 6) is 1.77. The lowest BCUT2D eigenvalue weighted by Gasteiger charge is -2.15. The number of anilines is 2. The number of fused-ring (bicyclic) bond motifs is 3. The van der Waals surface area contributed by atoms with E-state index in [9.17, 15) is 9.90 Å². The molecule has 0 radical (unpaired) electrons. The van der Waals surface area contributed by atoms with Gasteiger partial charge in [0.15, 0.2) is 11.5 Å². The monoisotopic (exact) mass is 820 g/mol. The second-order valence-corrected chi connectivity index (χ2v) is 14.5. The van der Waals surface area contributed by atoms with Crippen molar-refractivity contribution in [2.75, 3.05) is 58.0 Å². The zero-order valence-electron chi connectivity index (χ0n) is 34.3. The summed E-state index contributed by atoms with van der Waals surface area (Å²) in [7, 11) is 0. The van der Waals surface area contributed by atoms with Crippen LogP contribution in [0.15, 0.2) is 140 Å². The van der Waals surface area contributed by atoms with Crippen molar-refractivity contribution in [3.05, 3.63) is 162 Å². The molecule has 0 atom stereocenters. The lowest BCUT2D eigenvalue weighted by Crippen LogP contribution is -2.23. The van der Waals surface area contributed by atoms with Crippen molar-refractivity contribution in [2.45, 2.75) is 32.3 Å². The highest BCUT2D eigenvalue weighted by Gasteiger charge is 2.13. The first kappa shape index (κ1) is 42.6. The number of benzene rings is 5. The summed E-state index contributed by atoms with van der Waals surface area (Å²) in [5.41, 5.74) is 5.18. The van der Waals surface area contributed by atoms with Crippen LogP contribution < -0.4 is 24.8 Å². The van der Waals surface area contributed by atoms with Gasteiger partial charge in [-0.25, -0.2) is 9.78 Å². The number of pyridine rings is 2. The Morgan fingerprint density at radius 1 is 0.590 bits per heavy atom. The van der Waals surface area contributed by atoms with Crippen LogP contribution in [0.5, 0.6) is 17.2 Å². The van der Waals surface area contributed by atoms with Gasteiger partial charge in [-0.05, 0) is 85.0 Å². The topological polar surface area (TPSA) is 133 Å². The number of hydrogen-bond donors (Lipinski definition) is 3. The van der Waals surface area contributed by atoms with E-state index in [0.717, 1.165) is 71.9 Å². The predicted molar refractivity (Wildman–Crippen MR) is 240 cm³/mol. The molecule has 0 aliphatic heterocycles. The molecule has 0 aliphatic carbocycles. The molecule has 0 bridgehead atoms. The molecule has 11 nitrogen and oxygen atoms in total. The van der Waals surface area contributed by atoms with E-state index in [1.807, 2.05) is 84.9 Å². The van der Waals surface area contributed by atoms with Gasteiger partial charge in [-0.2, -0.15) is 0 Å². The van der Waals surface area contributed by atoms with Gasteiger partial charge in [0.1, 0.15) is 18.2 Å². The third-order valence-corrected chi connectivity index (χ3v) is 9.99. The van der Waals surface area contributed by atoms with E-state index < -0.39 is 5.97 Å². The van der Waals surface area contributed by atoms with Crippen molar-refractivity contribution in [1.29, 1.82) is 0 Å². The Balaban J connectivity index is 0.753. The Labute approximate surface area is 356 Å². The maximum atomic E-state index is 11.6. The quantitative estimate of drug-likeness (QED) is 0.0376. The van der Waals surface area contributed by atoms with Crippen LogP contribution in [0.25, 0.3) is 21.7 Å². The molecule has 0 saturated heterocycles. The third kappa shape index (κ3) is 13.0. The summed E-state index contributed by atoms with van der Waals surface area (Å²) in [6.45, 7) is 5.47. The fourth-order valence-corrected chi connectivity index (χ4v) is 6.84. The molecule has 61 heavy (non-hydrogen) atoms. The van der Waals surface area contributed by atoms with Gasteiger partial charge in [0.05, 0.1) is 44.1 Å². The van der Waals surface area contributed by atoms with E-state index in [1.54, 1.807) is 30.6 Å². The number of aromatic nitrogens is 2. The van der Waals surface area contributed by atoms with E-state index in [1.165, 1.54) is 11.1 Å². The molecule has 2 heterocycles. The Bertz CT molecular complexity index is 2450. The molecule has 7 rings (SSSR count). The summed E-state index contributed by atoms with van der Waals surface area (Å²) in [4.78, 5) is 20.7. The number of carbonyl (C=O) groups is 1. The van der Waals surface area contributed by atoms with Gasteiger partial charge in [0, 0.05) is 59.9 Å². The lowest BCUT2D eigenvalue weighted by atomic mass is 10.1. The van der Waals surface area contributed by atoms with Gasteiger partial charge >= 0.3 is 5.97 Å². The molecule has 0 amide bonds. The average molecular weight is 821 g/mol. The van der Waals surface area contributed by atoms with Crippen LogP contribution in [-0.4, -0.2) is 73.8 Å². The summed E-state index contributed by atoms with van der Waals surface area (Å²) in [6, 6.07) is 41.3. The van der Waals surface area contributed by atoms with Crippen molar-refractivity contribution in [3.63, 3.8) is 0 Å². The molecule has 0 fully saturated rings. The fraction of sp³-hybridized carbons (Fsp3) is 0.260. The standard InChI is InChI=1S/C50H52N4O7/c55-50(56)40-17-19-43-45-35-52-24-21-44(45)49(54-46(43)33-40)53-41-16-7-14-38(32-41)15-8-26-57-30-31-58-29-25-51-23-9-27-59-42-18-20-47(61-36-39-12-5-2-6-13-39)48(34-42)60-28-22-37-10-3-1-4-11-37/h1-7,10-14,16-21,24,32-35,51H,8-9,15,22-23,25-31,36H2,(H,53,54)(H,55,56). The van der Waals surface area contributed by atoms with Gasteiger partial charge < -0.3 is 39.4 Å². The first-order chi connectivity index (χ1) is 30.1. The predicted octanol–water partition coefficient (Wildman–Crippen LogP) is 9.45. The van der Waals surface area contributed by atoms with Crippen LogP contribution >= 0.6 is 0 Å². The first-order valence-corrected chi connectivity index (χ1v) is 20.8. The Morgan fingerprint density at radius 2 is 1.39 bits per heavy atom. The number of ether oxygens (including phenoxy) is 5. The number of nitrogens with zero attached hydrogens (tertiary/aromatic N) is 2. The van der Waals surface area contributed by atoms with Crippen molar-refractivity contribution in [3.8, 4) is 17.2 Å². The molecule has 314 valence electrons. The minimum atomic E-state index is -0.989. The Hall–Kier alpha value is -6.53. The summed E-state index contributed by atoms with van der Waals surface area (Å²) < 4.78 is 30.0. The molecular weight excluding hydrogens is 769 g/mol. The molecule has 0 saturated carbocycles. The molecular formula is C50H52N4O7. The number of carboxylic acids is 1. The van der Waals surface area contributed by atoms with Crippen LogP contribution in [0.2, 0.25) is 0 Å². The van der Waals surface area contributed by atoms with E-state index >= 15 is 0 Å².